The third-order valence-corrected chi connectivity index (χ3v) is 5.12. The van der Waals surface area contributed by atoms with Crippen LogP contribution in [0.2, 0.25) is 0 Å². The zero-order chi connectivity index (χ0) is 13.2. The molecule has 1 fully saturated rings. The van der Waals surface area contributed by atoms with Crippen molar-refractivity contribution in [3.8, 4) is 0 Å². The van der Waals surface area contributed by atoms with E-state index in [1.54, 1.807) is 5.56 Å². The largest absolute Gasteiger partial charge is 0.384 e. The standard InChI is InChI=1S/C18H27N/c1-13-10-14(2)18-17(11-13)16(12-19-18)9-8-15-6-4-3-5-7-15/h10-11,15-16,19H,3-9,12H2,1-2H3. The van der Waals surface area contributed by atoms with Crippen molar-refractivity contribution < 1.29 is 0 Å². The summed E-state index contributed by atoms with van der Waals surface area (Å²) in [5.74, 6) is 1.78. The van der Waals surface area contributed by atoms with E-state index in [9.17, 15) is 0 Å². The van der Waals surface area contributed by atoms with E-state index in [0.29, 0.717) is 0 Å². The van der Waals surface area contributed by atoms with Gasteiger partial charge in [0.25, 0.3) is 0 Å². The lowest BCUT2D eigenvalue weighted by molar-refractivity contribution is 0.325. The van der Waals surface area contributed by atoms with Gasteiger partial charge in [0.15, 0.2) is 0 Å². The highest BCUT2D eigenvalue weighted by atomic mass is 14.9. The molecule has 0 saturated heterocycles. The summed E-state index contributed by atoms with van der Waals surface area (Å²) in [7, 11) is 0. The highest BCUT2D eigenvalue weighted by Crippen LogP contribution is 2.39. The summed E-state index contributed by atoms with van der Waals surface area (Å²) >= 11 is 0. The second kappa shape index (κ2) is 5.56. The lowest BCUT2D eigenvalue weighted by Gasteiger charge is -2.23. The number of benzene rings is 1. The quantitative estimate of drug-likeness (QED) is 0.787. The Labute approximate surface area is 117 Å². The minimum Gasteiger partial charge on any atom is -0.384 e. The van der Waals surface area contributed by atoms with Gasteiger partial charge in [0.2, 0.25) is 0 Å². The van der Waals surface area contributed by atoms with Gasteiger partial charge in [-0.25, -0.2) is 0 Å². The molecule has 1 heteroatoms. The third kappa shape index (κ3) is 2.80. The van der Waals surface area contributed by atoms with Gasteiger partial charge in [-0.3, -0.25) is 0 Å². The Balaban J connectivity index is 1.65. The van der Waals surface area contributed by atoms with Crippen molar-refractivity contribution in [1.82, 2.24) is 0 Å². The molecule has 3 rings (SSSR count). The van der Waals surface area contributed by atoms with Gasteiger partial charge in [-0.1, -0.05) is 49.8 Å². The zero-order valence-corrected chi connectivity index (χ0v) is 12.5. The molecule has 1 N–H and O–H groups in total. The highest BCUT2D eigenvalue weighted by Gasteiger charge is 2.25. The molecule has 0 aromatic heterocycles. The topological polar surface area (TPSA) is 12.0 Å². The Hall–Kier alpha value is -0.980. The van der Waals surface area contributed by atoms with Crippen LogP contribution in [0.3, 0.4) is 0 Å². The summed E-state index contributed by atoms with van der Waals surface area (Å²) in [4.78, 5) is 0. The lowest BCUT2D eigenvalue weighted by Crippen LogP contribution is -2.09. The fourth-order valence-corrected chi connectivity index (χ4v) is 4.07. The van der Waals surface area contributed by atoms with Crippen molar-refractivity contribution in [2.75, 3.05) is 11.9 Å². The smallest absolute Gasteiger partial charge is 0.0406 e. The molecule has 1 aromatic carbocycles. The van der Waals surface area contributed by atoms with Crippen molar-refractivity contribution >= 4 is 5.69 Å². The second-order valence-electron chi connectivity index (χ2n) is 6.71. The van der Waals surface area contributed by atoms with Crippen LogP contribution in [0.25, 0.3) is 0 Å². The molecular formula is C18H27N. The van der Waals surface area contributed by atoms with Gasteiger partial charge in [0, 0.05) is 18.2 Å². The van der Waals surface area contributed by atoms with Gasteiger partial charge in [-0.15, -0.1) is 0 Å². The van der Waals surface area contributed by atoms with Crippen molar-refractivity contribution in [1.29, 1.82) is 0 Å². The number of anilines is 1. The SMILES string of the molecule is Cc1cc(C)c2c(c1)C(CCC1CCCCC1)CN2. The van der Waals surface area contributed by atoms with E-state index in [1.807, 2.05) is 0 Å². The predicted molar refractivity (Wildman–Crippen MR) is 83.0 cm³/mol. The Kier molecular flexibility index (Phi) is 3.81. The molecule has 0 radical (unpaired) electrons. The molecule has 1 nitrogen and oxygen atoms in total. The van der Waals surface area contributed by atoms with E-state index in [0.717, 1.165) is 18.4 Å². The summed E-state index contributed by atoms with van der Waals surface area (Å²) in [6.07, 6.45) is 10.2. The van der Waals surface area contributed by atoms with E-state index in [2.05, 4.69) is 31.3 Å². The van der Waals surface area contributed by atoms with Crippen molar-refractivity contribution in [3.05, 3.63) is 28.8 Å². The average molecular weight is 257 g/mol. The minimum absolute atomic E-state index is 0.760. The second-order valence-corrected chi connectivity index (χ2v) is 6.71. The number of fused-ring (bicyclic) bond motifs is 1. The molecule has 1 aliphatic heterocycles. The fourth-order valence-electron chi connectivity index (χ4n) is 4.07. The predicted octanol–water partition coefficient (Wildman–Crippen LogP) is 5.17. The third-order valence-electron chi connectivity index (χ3n) is 5.12. The van der Waals surface area contributed by atoms with Crippen LogP contribution >= 0.6 is 0 Å². The molecule has 19 heavy (non-hydrogen) atoms. The first-order valence-electron chi connectivity index (χ1n) is 8.09. The number of rotatable bonds is 3. The number of hydrogen-bond acceptors (Lipinski definition) is 1. The molecule has 104 valence electrons. The summed E-state index contributed by atoms with van der Waals surface area (Å²) in [5, 5.41) is 3.63. The van der Waals surface area contributed by atoms with Crippen LogP contribution in [-0.2, 0) is 0 Å². The molecule has 2 aliphatic rings. The Bertz CT molecular complexity index is 443. The minimum atomic E-state index is 0.760. The lowest BCUT2D eigenvalue weighted by atomic mass is 9.83. The number of aryl methyl sites for hydroxylation is 2. The Morgan fingerprint density at radius 1 is 1.05 bits per heavy atom. The van der Waals surface area contributed by atoms with E-state index in [4.69, 9.17) is 0 Å². The van der Waals surface area contributed by atoms with Gasteiger partial charge in [-0.05, 0) is 43.7 Å². The zero-order valence-electron chi connectivity index (χ0n) is 12.5. The number of hydrogen-bond donors (Lipinski definition) is 1. The molecule has 1 aliphatic carbocycles. The van der Waals surface area contributed by atoms with Crippen LogP contribution in [0.15, 0.2) is 12.1 Å². The van der Waals surface area contributed by atoms with E-state index < -0.39 is 0 Å². The van der Waals surface area contributed by atoms with Gasteiger partial charge in [-0.2, -0.15) is 0 Å². The van der Waals surface area contributed by atoms with Crippen molar-refractivity contribution in [3.63, 3.8) is 0 Å². The maximum Gasteiger partial charge on any atom is 0.0406 e. The first kappa shape index (κ1) is 13.0. The van der Waals surface area contributed by atoms with Gasteiger partial charge in [0.1, 0.15) is 0 Å². The summed E-state index contributed by atoms with van der Waals surface area (Å²) in [6.45, 7) is 5.62. The summed E-state index contributed by atoms with van der Waals surface area (Å²) < 4.78 is 0. The Morgan fingerprint density at radius 3 is 2.63 bits per heavy atom. The van der Waals surface area contributed by atoms with Gasteiger partial charge in [0.05, 0.1) is 0 Å². The van der Waals surface area contributed by atoms with Crippen molar-refractivity contribution in [2.45, 2.75) is 64.7 Å². The highest BCUT2D eigenvalue weighted by molar-refractivity contribution is 5.63. The molecular weight excluding hydrogens is 230 g/mol. The van der Waals surface area contributed by atoms with Gasteiger partial charge < -0.3 is 5.32 Å². The molecule has 0 spiro atoms. The van der Waals surface area contributed by atoms with Crippen LogP contribution < -0.4 is 5.32 Å². The van der Waals surface area contributed by atoms with Crippen LogP contribution in [0.5, 0.6) is 0 Å². The molecule has 1 saturated carbocycles. The van der Waals surface area contributed by atoms with Gasteiger partial charge >= 0.3 is 0 Å². The van der Waals surface area contributed by atoms with E-state index in [1.165, 1.54) is 61.8 Å². The molecule has 1 aromatic rings. The molecule has 1 heterocycles. The van der Waals surface area contributed by atoms with Crippen molar-refractivity contribution in [2.24, 2.45) is 5.92 Å². The normalized spacial score (nSPS) is 23.2. The molecule has 1 atom stereocenters. The van der Waals surface area contributed by atoms with Crippen LogP contribution in [-0.4, -0.2) is 6.54 Å². The molecule has 0 bridgehead atoms. The molecule has 1 unspecified atom stereocenters. The van der Waals surface area contributed by atoms with E-state index >= 15 is 0 Å². The first-order valence-corrected chi connectivity index (χ1v) is 8.09. The maximum atomic E-state index is 3.63. The Morgan fingerprint density at radius 2 is 1.84 bits per heavy atom. The average Bonchev–Trinajstić information content (AvgIpc) is 2.81. The fraction of sp³-hybridized carbons (Fsp3) is 0.667. The maximum absolute atomic E-state index is 3.63. The number of nitrogens with one attached hydrogen (secondary N) is 1. The van der Waals surface area contributed by atoms with Crippen LogP contribution in [0, 0.1) is 19.8 Å². The van der Waals surface area contributed by atoms with E-state index in [-0.39, 0.29) is 0 Å². The van der Waals surface area contributed by atoms with Crippen LogP contribution in [0.4, 0.5) is 5.69 Å². The summed E-state index contributed by atoms with van der Waals surface area (Å²) in [5.41, 5.74) is 5.87. The monoisotopic (exact) mass is 257 g/mol. The molecule has 0 amide bonds. The summed E-state index contributed by atoms with van der Waals surface area (Å²) in [6, 6.07) is 4.71. The van der Waals surface area contributed by atoms with Crippen LogP contribution in [0.1, 0.15) is 67.6 Å². The first-order chi connectivity index (χ1) is 9.24.